The Balaban J connectivity index is 1.34. The number of benzene rings is 2. The third-order valence-corrected chi connectivity index (χ3v) is 8.46. The van der Waals surface area contributed by atoms with Gasteiger partial charge in [-0.05, 0) is 55.3 Å². The number of hydrogen-bond acceptors (Lipinski definition) is 5. The average molecular weight is 498 g/mol. The van der Waals surface area contributed by atoms with Gasteiger partial charge in [-0.3, -0.25) is 4.79 Å². The quantitative estimate of drug-likeness (QED) is 0.678. The fourth-order valence-corrected chi connectivity index (χ4v) is 6.20. The molecule has 4 rings (SSSR count). The number of sulfonamides is 1. The number of nitrogens with one attached hydrogen (secondary N) is 1. The van der Waals surface area contributed by atoms with E-state index in [1.165, 1.54) is 16.4 Å². The molecule has 2 aromatic carbocycles. The summed E-state index contributed by atoms with van der Waals surface area (Å²) in [6.07, 6.45) is 0.879. The molecule has 2 heterocycles. The van der Waals surface area contributed by atoms with Crippen LogP contribution in [0, 0.1) is 5.92 Å². The fraction of sp³-hybridized carbons (Fsp3) is 0.409. The molecular weight excluding hydrogens is 473 g/mol. The normalized spacial score (nSPS) is 18.5. The molecule has 0 saturated carbocycles. The zero-order valence-electron chi connectivity index (χ0n) is 17.5. The Morgan fingerprint density at radius 2 is 1.62 bits per heavy atom. The Morgan fingerprint density at radius 1 is 0.969 bits per heavy atom. The maximum Gasteiger partial charge on any atom is 0.244 e. The third-order valence-electron chi connectivity index (χ3n) is 5.85. The molecule has 10 heteroatoms. The zero-order valence-corrected chi connectivity index (χ0v) is 19.8. The van der Waals surface area contributed by atoms with Crippen LogP contribution in [0.5, 0.6) is 0 Å². The molecular formula is C22H25Cl2N3O4S. The van der Waals surface area contributed by atoms with Gasteiger partial charge < -0.3 is 15.0 Å². The van der Waals surface area contributed by atoms with Crippen molar-refractivity contribution in [1.82, 2.24) is 4.31 Å². The lowest BCUT2D eigenvalue weighted by Gasteiger charge is -2.31. The second-order valence-electron chi connectivity index (χ2n) is 7.89. The van der Waals surface area contributed by atoms with Crippen molar-refractivity contribution in [2.75, 3.05) is 49.6 Å². The SMILES string of the molecule is O=C(Nc1ccc(N2CCOCC2)cc1)C1CCN(S(=O)(=O)c2cc(Cl)ccc2Cl)CC1. The molecule has 7 nitrogen and oxygen atoms in total. The summed E-state index contributed by atoms with van der Waals surface area (Å²) < 4.78 is 32.7. The van der Waals surface area contributed by atoms with Crippen LogP contribution in [-0.4, -0.2) is 58.0 Å². The summed E-state index contributed by atoms with van der Waals surface area (Å²) in [4.78, 5) is 15.0. The van der Waals surface area contributed by atoms with Crippen LogP contribution in [0.3, 0.4) is 0 Å². The van der Waals surface area contributed by atoms with E-state index in [0.29, 0.717) is 17.9 Å². The molecule has 1 N–H and O–H groups in total. The second kappa shape index (κ2) is 9.97. The molecule has 2 saturated heterocycles. The summed E-state index contributed by atoms with van der Waals surface area (Å²) in [6, 6.07) is 12.1. The molecule has 0 bridgehead atoms. The van der Waals surface area contributed by atoms with Gasteiger partial charge in [0.1, 0.15) is 4.90 Å². The molecule has 0 atom stereocenters. The minimum atomic E-state index is -3.77. The predicted molar refractivity (Wildman–Crippen MR) is 126 cm³/mol. The molecule has 2 aliphatic heterocycles. The summed E-state index contributed by atoms with van der Waals surface area (Å²) in [5, 5.41) is 3.40. The zero-order chi connectivity index (χ0) is 22.7. The van der Waals surface area contributed by atoms with Crippen molar-refractivity contribution < 1.29 is 17.9 Å². The van der Waals surface area contributed by atoms with E-state index >= 15 is 0 Å². The van der Waals surface area contributed by atoms with Crippen molar-refractivity contribution in [2.45, 2.75) is 17.7 Å². The Kier molecular flexibility index (Phi) is 7.27. The topological polar surface area (TPSA) is 79.0 Å². The molecule has 0 unspecified atom stereocenters. The van der Waals surface area contributed by atoms with E-state index in [9.17, 15) is 13.2 Å². The molecule has 1 amide bonds. The highest BCUT2D eigenvalue weighted by Crippen LogP contribution is 2.30. The van der Waals surface area contributed by atoms with Gasteiger partial charge in [0, 0.05) is 48.5 Å². The van der Waals surface area contributed by atoms with E-state index in [0.717, 1.165) is 37.7 Å². The summed E-state index contributed by atoms with van der Waals surface area (Å²) in [5.41, 5.74) is 1.83. The first-order valence-electron chi connectivity index (χ1n) is 10.5. The predicted octanol–water partition coefficient (Wildman–Crippen LogP) is 3.87. The first-order chi connectivity index (χ1) is 15.3. The highest BCUT2D eigenvalue weighted by atomic mass is 35.5. The van der Waals surface area contributed by atoms with Gasteiger partial charge in [-0.1, -0.05) is 23.2 Å². The number of halogens is 2. The van der Waals surface area contributed by atoms with E-state index < -0.39 is 10.0 Å². The van der Waals surface area contributed by atoms with Crippen molar-refractivity contribution in [3.63, 3.8) is 0 Å². The van der Waals surface area contributed by atoms with Gasteiger partial charge in [0.25, 0.3) is 0 Å². The molecule has 2 aromatic rings. The molecule has 2 fully saturated rings. The average Bonchev–Trinajstić information content (AvgIpc) is 2.81. The van der Waals surface area contributed by atoms with Crippen molar-refractivity contribution >= 4 is 50.5 Å². The number of hydrogen-bond donors (Lipinski definition) is 1. The largest absolute Gasteiger partial charge is 0.378 e. The highest BCUT2D eigenvalue weighted by molar-refractivity contribution is 7.89. The summed E-state index contributed by atoms with van der Waals surface area (Å²) in [6.45, 7) is 3.65. The van der Waals surface area contributed by atoms with Gasteiger partial charge in [0.2, 0.25) is 15.9 Å². The first kappa shape index (κ1) is 23.3. The molecule has 0 spiro atoms. The van der Waals surface area contributed by atoms with Gasteiger partial charge >= 0.3 is 0 Å². The summed E-state index contributed by atoms with van der Waals surface area (Å²) >= 11 is 12.0. The minimum absolute atomic E-state index is 0.00470. The smallest absolute Gasteiger partial charge is 0.244 e. The number of piperidine rings is 1. The lowest BCUT2D eigenvalue weighted by Crippen LogP contribution is -2.41. The van der Waals surface area contributed by atoms with Crippen LogP contribution in [0.2, 0.25) is 10.0 Å². The van der Waals surface area contributed by atoms with Crippen molar-refractivity contribution in [3.8, 4) is 0 Å². The summed E-state index contributed by atoms with van der Waals surface area (Å²) in [5.74, 6) is -0.350. The molecule has 2 aliphatic rings. The van der Waals surface area contributed by atoms with E-state index in [-0.39, 0.29) is 34.8 Å². The highest BCUT2D eigenvalue weighted by Gasteiger charge is 2.33. The van der Waals surface area contributed by atoms with Crippen molar-refractivity contribution in [2.24, 2.45) is 5.92 Å². The van der Waals surface area contributed by atoms with E-state index in [4.69, 9.17) is 27.9 Å². The van der Waals surface area contributed by atoms with Gasteiger partial charge in [-0.2, -0.15) is 4.31 Å². The van der Waals surface area contributed by atoms with Crippen molar-refractivity contribution in [3.05, 3.63) is 52.5 Å². The monoisotopic (exact) mass is 497 g/mol. The summed E-state index contributed by atoms with van der Waals surface area (Å²) in [7, 11) is -3.77. The van der Waals surface area contributed by atoms with Crippen LogP contribution in [0.1, 0.15) is 12.8 Å². The van der Waals surface area contributed by atoms with Crippen molar-refractivity contribution in [1.29, 1.82) is 0 Å². The standard InChI is InChI=1S/C22H25Cl2N3O4S/c23-17-1-6-20(24)21(15-17)32(29,30)27-9-7-16(8-10-27)22(28)25-18-2-4-19(5-3-18)26-11-13-31-14-12-26/h1-6,15-16H,7-14H2,(H,25,28). The van der Waals surface area contributed by atoms with Gasteiger partial charge in [-0.15, -0.1) is 0 Å². The van der Waals surface area contributed by atoms with Gasteiger partial charge in [0.05, 0.1) is 18.2 Å². The van der Waals surface area contributed by atoms with E-state index in [1.807, 2.05) is 24.3 Å². The van der Waals surface area contributed by atoms with Crippen LogP contribution in [0.4, 0.5) is 11.4 Å². The number of ether oxygens (including phenoxy) is 1. The Labute approximate surface area is 198 Å². The van der Waals surface area contributed by atoms with E-state index in [2.05, 4.69) is 10.2 Å². The Morgan fingerprint density at radius 3 is 2.28 bits per heavy atom. The molecule has 32 heavy (non-hydrogen) atoms. The van der Waals surface area contributed by atoms with Gasteiger partial charge in [0.15, 0.2) is 0 Å². The number of nitrogens with zero attached hydrogens (tertiary/aromatic N) is 2. The number of carbonyl (C=O) groups is 1. The number of carbonyl (C=O) groups excluding carboxylic acids is 1. The van der Waals surface area contributed by atoms with Crippen LogP contribution < -0.4 is 10.2 Å². The maximum atomic E-state index is 13.0. The Hall–Kier alpha value is -1.84. The lowest BCUT2D eigenvalue weighted by molar-refractivity contribution is -0.120. The van der Waals surface area contributed by atoms with Crippen LogP contribution in [0.15, 0.2) is 47.4 Å². The molecule has 0 radical (unpaired) electrons. The van der Waals surface area contributed by atoms with Crippen LogP contribution in [0.25, 0.3) is 0 Å². The third kappa shape index (κ3) is 5.21. The number of morpholine rings is 1. The maximum absolute atomic E-state index is 13.0. The number of amides is 1. The molecule has 0 aromatic heterocycles. The molecule has 172 valence electrons. The number of rotatable bonds is 5. The number of anilines is 2. The molecule has 0 aliphatic carbocycles. The second-order valence-corrected chi connectivity index (χ2v) is 10.6. The van der Waals surface area contributed by atoms with Crippen LogP contribution in [-0.2, 0) is 19.6 Å². The van der Waals surface area contributed by atoms with Gasteiger partial charge in [-0.25, -0.2) is 8.42 Å². The lowest BCUT2D eigenvalue weighted by atomic mass is 9.97. The van der Waals surface area contributed by atoms with E-state index in [1.54, 1.807) is 6.07 Å². The van der Waals surface area contributed by atoms with Crippen LogP contribution >= 0.6 is 23.2 Å². The Bertz CT molecular complexity index is 1070. The first-order valence-corrected chi connectivity index (χ1v) is 12.7. The minimum Gasteiger partial charge on any atom is -0.378 e. The fourth-order valence-electron chi connectivity index (χ4n) is 3.99.